The zero-order chi connectivity index (χ0) is 13.4. The molecule has 1 aromatic carbocycles. The third kappa shape index (κ3) is 2.14. The molecule has 3 nitrogen and oxygen atoms in total. The van der Waals surface area contributed by atoms with Crippen molar-refractivity contribution >= 4 is 0 Å². The van der Waals surface area contributed by atoms with Gasteiger partial charge < -0.3 is 5.10 Å². The van der Waals surface area contributed by atoms with E-state index in [0.29, 0.717) is 0 Å². The molecule has 1 unspecified atom stereocenters. The Kier molecular flexibility index (Phi) is 3.05. The topological polar surface area (TPSA) is 37.8 Å². The number of aromatic nitrogens is 2. The standard InChI is InChI=1S/C16H20N2O/c1-11-10-17-18(16(11)19)12(2)14-8-7-13-5-3-4-6-15(13)9-14/h7-10,12,17H,3-6H2,1-2H3. The first kappa shape index (κ1) is 12.3. The highest BCUT2D eigenvalue weighted by Crippen LogP contribution is 2.25. The third-order valence-electron chi connectivity index (χ3n) is 4.22. The molecule has 1 aliphatic carbocycles. The van der Waals surface area contributed by atoms with Crippen molar-refractivity contribution in [1.29, 1.82) is 0 Å². The van der Waals surface area contributed by atoms with Gasteiger partial charge in [0.2, 0.25) is 0 Å². The summed E-state index contributed by atoms with van der Waals surface area (Å²) in [5.74, 6) is 0. The molecule has 1 heterocycles. The molecule has 0 amide bonds. The van der Waals surface area contributed by atoms with Crippen LogP contribution in [0.5, 0.6) is 0 Å². The summed E-state index contributed by atoms with van der Waals surface area (Å²) in [4.78, 5) is 12.0. The number of fused-ring (bicyclic) bond motifs is 1. The molecule has 1 atom stereocenters. The first-order chi connectivity index (χ1) is 9.16. The Bertz CT molecular complexity index is 651. The highest BCUT2D eigenvalue weighted by Gasteiger charge is 2.15. The Morgan fingerprint density at radius 1 is 1.21 bits per heavy atom. The Morgan fingerprint density at radius 3 is 2.63 bits per heavy atom. The molecular formula is C16H20N2O. The van der Waals surface area contributed by atoms with Gasteiger partial charge in [-0.3, -0.25) is 4.79 Å². The average molecular weight is 256 g/mol. The van der Waals surface area contributed by atoms with Gasteiger partial charge in [-0.05, 0) is 56.2 Å². The van der Waals surface area contributed by atoms with Crippen LogP contribution in [0.3, 0.4) is 0 Å². The monoisotopic (exact) mass is 256 g/mol. The van der Waals surface area contributed by atoms with Gasteiger partial charge in [0, 0.05) is 11.8 Å². The predicted octanol–water partition coefficient (Wildman–Crippen LogP) is 2.97. The molecule has 0 aliphatic heterocycles. The summed E-state index contributed by atoms with van der Waals surface area (Å²) in [6, 6.07) is 6.74. The Morgan fingerprint density at radius 2 is 1.95 bits per heavy atom. The summed E-state index contributed by atoms with van der Waals surface area (Å²) < 4.78 is 1.71. The minimum Gasteiger partial charge on any atom is -0.302 e. The van der Waals surface area contributed by atoms with E-state index in [0.717, 1.165) is 5.56 Å². The summed E-state index contributed by atoms with van der Waals surface area (Å²) in [5.41, 5.74) is 5.00. The van der Waals surface area contributed by atoms with Crippen LogP contribution in [0.15, 0.2) is 29.2 Å². The number of hydrogen-bond donors (Lipinski definition) is 1. The lowest BCUT2D eigenvalue weighted by Gasteiger charge is -2.19. The maximum atomic E-state index is 12.0. The van der Waals surface area contributed by atoms with Gasteiger partial charge in [-0.25, -0.2) is 4.68 Å². The second-order valence-corrected chi connectivity index (χ2v) is 5.54. The van der Waals surface area contributed by atoms with Gasteiger partial charge in [-0.2, -0.15) is 0 Å². The van der Waals surface area contributed by atoms with Crippen molar-refractivity contribution in [3.63, 3.8) is 0 Å². The fraction of sp³-hybridized carbons (Fsp3) is 0.438. The van der Waals surface area contributed by atoms with E-state index in [-0.39, 0.29) is 11.6 Å². The zero-order valence-electron chi connectivity index (χ0n) is 11.6. The minimum absolute atomic E-state index is 0.0634. The number of rotatable bonds is 2. The van der Waals surface area contributed by atoms with Crippen LogP contribution in [0.25, 0.3) is 0 Å². The summed E-state index contributed by atoms with van der Waals surface area (Å²) in [7, 11) is 0. The maximum Gasteiger partial charge on any atom is 0.269 e. The lowest BCUT2D eigenvalue weighted by molar-refractivity contribution is 0.545. The number of nitrogens with one attached hydrogen (secondary N) is 1. The molecule has 1 aliphatic rings. The fourth-order valence-corrected chi connectivity index (χ4v) is 2.93. The molecular weight excluding hydrogens is 236 g/mol. The van der Waals surface area contributed by atoms with Gasteiger partial charge in [0.1, 0.15) is 0 Å². The van der Waals surface area contributed by atoms with Crippen LogP contribution in [0.4, 0.5) is 0 Å². The number of nitrogens with zero attached hydrogens (tertiary/aromatic N) is 1. The fourth-order valence-electron chi connectivity index (χ4n) is 2.93. The lowest BCUT2D eigenvalue weighted by Crippen LogP contribution is -2.22. The number of H-pyrrole nitrogens is 1. The second-order valence-electron chi connectivity index (χ2n) is 5.54. The Balaban J connectivity index is 1.98. The Labute approximate surface area is 113 Å². The van der Waals surface area contributed by atoms with Gasteiger partial charge in [-0.15, -0.1) is 0 Å². The number of aromatic amines is 1. The second kappa shape index (κ2) is 4.72. The van der Waals surface area contributed by atoms with Crippen molar-refractivity contribution in [1.82, 2.24) is 9.78 Å². The highest BCUT2D eigenvalue weighted by molar-refractivity contribution is 5.35. The van der Waals surface area contributed by atoms with E-state index in [1.54, 1.807) is 10.9 Å². The van der Waals surface area contributed by atoms with Crippen LogP contribution in [0.1, 0.15) is 48.1 Å². The average Bonchev–Trinajstić information content (AvgIpc) is 2.78. The van der Waals surface area contributed by atoms with Crippen molar-refractivity contribution in [3.8, 4) is 0 Å². The molecule has 0 bridgehead atoms. The van der Waals surface area contributed by atoms with E-state index in [2.05, 4.69) is 30.2 Å². The lowest BCUT2D eigenvalue weighted by atomic mass is 9.89. The van der Waals surface area contributed by atoms with Crippen molar-refractivity contribution in [2.45, 2.75) is 45.6 Å². The summed E-state index contributed by atoms with van der Waals surface area (Å²) in [6.45, 7) is 3.91. The van der Waals surface area contributed by atoms with E-state index in [1.807, 2.05) is 6.92 Å². The molecule has 0 spiro atoms. The van der Waals surface area contributed by atoms with Crippen LogP contribution in [-0.4, -0.2) is 9.78 Å². The molecule has 0 saturated heterocycles. The van der Waals surface area contributed by atoms with E-state index >= 15 is 0 Å². The maximum absolute atomic E-state index is 12.0. The number of benzene rings is 1. The first-order valence-electron chi connectivity index (χ1n) is 7.05. The highest BCUT2D eigenvalue weighted by atomic mass is 16.1. The van der Waals surface area contributed by atoms with Crippen molar-refractivity contribution in [2.24, 2.45) is 0 Å². The molecule has 0 radical (unpaired) electrons. The minimum atomic E-state index is 0.0634. The normalized spacial score (nSPS) is 16.1. The van der Waals surface area contributed by atoms with Crippen LogP contribution in [0.2, 0.25) is 0 Å². The predicted molar refractivity (Wildman–Crippen MR) is 76.7 cm³/mol. The molecule has 1 aromatic heterocycles. The molecule has 3 rings (SSSR count). The zero-order valence-corrected chi connectivity index (χ0v) is 11.6. The summed E-state index contributed by atoms with van der Waals surface area (Å²) in [5, 5.41) is 3.06. The quantitative estimate of drug-likeness (QED) is 0.881. The molecule has 3 heteroatoms. The van der Waals surface area contributed by atoms with Gasteiger partial charge in [0.25, 0.3) is 5.56 Å². The van der Waals surface area contributed by atoms with Gasteiger partial charge in [-0.1, -0.05) is 18.2 Å². The van der Waals surface area contributed by atoms with E-state index < -0.39 is 0 Å². The van der Waals surface area contributed by atoms with E-state index in [1.165, 1.54) is 42.4 Å². The smallest absolute Gasteiger partial charge is 0.269 e. The van der Waals surface area contributed by atoms with Crippen molar-refractivity contribution in [2.75, 3.05) is 0 Å². The first-order valence-corrected chi connectivity index (χ1v) is 7.05. The van der Waals surface area contributed by atoms with Crippen LogP contribution >= 0.6 is 0 Å². The molecule has 1 N–H and O–H groups in total. The molecule has 2 aromatic rings. The Hall–Kier alpha value is -1.77. The van der Waals surface area contributed by atoms with Gasteiger partial charge >= 0.3 is 0 Å². The van der Waals surface area contributed by atoms with Crippen molar-refractivity contribution in [3.05, 3.63) is 57.0 Å². The van der Waals surface area contributed by atoms with Gasteiger partial charge in [0.05, 0.1) is 6.04 Å². The largest absolute Gasteiger partial charge is 0.302 e. The molecule has 100 valence electrons. The number of hydrogen-bond acceptors (Lipinski definition) is 1. The molecule has 19 heavy (non-hydrogen) atoms. The SMILES string of the molecule is Cc1c[nH]n(C(C)c2ccc3c(c2)CCCC3)c1=O. The third-order valence-corrected chi connectivity index (χ3v) is 4.22. The summed E-state index contributed by atoms with van der Waals surface area (Å²) >= 11 is 0. The van der Waals surface area contributed by atoms with E-state index in [4.69, 9.17) is 0 Å². The van der Waals surface area contributed by atoms with Gasteiger partial charge in [0.15, 0.2) is 0 Å². The van der Waals surface area contributed by atoms with E-state index in [9.17, 15) is 4.79 Å². The van der Waals surface area contributed by atoms with Crippen LogP contribution in [-0.2, 0) is 12.8 Å². The summed E-state index contributed by atoms with van der Waals surface area (Å²) in [6.07, 6.45) is 6.74. The van der Waals surface area contributed by atoms with Crippen LogP contribution < -0.4 is 5.56 Å². The molecule has 0 fully saturated rings. The van der Waals surface area contributed by atoms with Crippen LogP contribution in [0, 0.1) is 6.92 Å². The van der Waals surface area contributed by atoms with Crippen molar-refractivity contribution < 1.29 is 0 Å². The number of aryl methyl sites for hydroxylation is 3. The molecule has 0 saturated carbocycles.